The van der Waals surface area contributed by atoms with Gasteiger partial charge in [-0.3, -0.25) is 5.10 Å². The number of hydrogen-bond acceptors (Lipinski definition) is 5. The standard InChI is InChI=1S/C15H14F3N5O/c1-9-2-3-10(12(4-9)24-7-15(16,17)18)5-19-13-11-6-22-23-14(11)21-8-20-13/h2-4,6,8H,5,7H2,1H3,(H2,19,20,21,22,23). The summed E-state index contributed by atoms with van der Waals surface area (Å²) < 4.78 is 42.1. The maximum atomic E-state index is 12.4. The van der Waals surface area contributed by atoms with Crippen LogP contribution in [-0.4, -0.2) is 32.9 Å². The average molecular weight is 337 g/mol. The number of alkyl halides is 3. The van der Waals surface area contributed by atoms with Gasteiger partial charge in [0.25, 0.3) is 0 Å². The van der Waals surface area contributed by atoms with E-state index in [2.05, 4.69) is 25.5 Å². The van der Waals surface area contributed by atoms with Crippen LogP contribution in [0.3, 0.4) is 0 Å². The van der Waals surface area contributed by atoms with Crippen LogP contribution in [-0.2, 0) is 6.54 Å². The first-order valence-electron chi connectivity index (χ1n) is 7.09. The molecule has 9 heteroatoms. The second-order valence-corrected chi connectivity index (χ2v) is 5.22. The van der Waals surface area contributed by atoms with E-state index in [1.165, 1.54) is 6.33 Å². The van der Waals surface area contributed by atoms with Gasteiger partial charge in [0.15, 0.2) is 12.3 Å². The monoisotopic (exact) mass is 337 g/mol. The van der Waals surface area contributed by atoms with Gasteiger partial charge in [-0.05, 0) is 18.6 Å². The first-order chi connectivity index (χ1) is 11.4. The molecule has 3 rings (SSSR count). The van der Waals surface area contributed by atoms with E-state index in [9.17, 15) is 13.2 Å². The molecule has 3 aromatic rings. The number of H-pyrrole nitrogens is 1. The summed E-state index contributed by atoms with van der Waals surface area (Å²) in [5.74, 6) is 0.730. The first-order valence-corrected chi connectivity index (χ1v) is 7.09. The molecule has 2 heterocycles. The molecule has 6 nitrogen and oxygen atoms in total. The molecule has 0 aliphatic carbocycles. The van der Waals surface area contributed by atoms with Crippen LogP contribution in [0.1, 0.15) is 11.1 Å². The Kier molecular flexibility index (Phi) is 4.24. The van der Waals surface area contributed by atoms with Crippen molar-refractivity contribution in [2.75, 3.05) is 11.9 Å². The molecule has 2 N–H and O–H groups in total. The molecule has 0 amide bonds. The highest BCUT2D eigenvalue weighted by molar-refractivity contribution is 5.85. The van der Waals surface area contributed by atoms with Gasteiger partial charge in [0, 0.05) is 12.1 Å². The van der Waals surface area contributed by atoms with E-state index in [1.807, 2.05) is 6.07 Å². The van der Waals surface area contributed by atoms with Crippen LogP contribution in [0.5, 0.6) is 5.75 Å². The lowest BCUT2D eigenvalue weighted by Gasteiger charge is -2.15. The molecule has 1 aromatic carbocycles. The number of aromatic amines is 1. The molecule has 0 saturated heterocycles. The minimum Gasteiger partial charge on any atom is -0.484 e. The Balaban J connectivity index is 1.78. The first kappa shape index (κ1) is 16.0. The molecule has 0 fully saturated rings. The van der Waals surface area contributed by atoms with Gasteiger partial charge in [0.05, 0.1) is 11.6 Å². The second kappa shape index (κ2) is 6.34. The Labute approximate surface area is 135 Å². The predicted molar refractivity (Wildman–Crippen MR) is 81.7 cm³/mol. The summed E-state index contributed by atoms with van der Waals surface area (Å²) in [6.07, 6.45) is -1.43. The Hall–Kier alpha value is -2.84. The lowest BCUT2D eigenvalue weighted by atomic mass is 10.1. The smallest absolute Gasteiger partial charge is 0.422 e. The number of rotatable bonds is 5. The average Bonchev–Trinajstić information content (AvgIpc) is 3.00. The lowest BCUT2D eigenvalue weighted by Crippen LogP contribution is -2.20. The number of fused-ring (bicyclic) bond motifs is 1. The van der Waals surface area contributed by atoms with Crippen LogP contribution in [0.4, 0.5) is 19.0 Å². The van der Waals surface area contributed by atoms with Gasteiger partial charge in [-0.15, -0.1) is 0 Å². The number of nitrogens with one attached hydrogen (secondary N) is 2. The number of aryl methyl sites for hydroxylation is 1. The highest BCUT2D eigenvalue weighted by Crippen LogP contribution is 2.25. The molecule has 0 aliphatic heterocycles. The number of hydrogen-bond donors (Lipinski definition) is 2. The van der Waals surface area contributed by atoms with Crippen LogP contribution in [0.15, 0.2) is 30.7 Å². The fraction of sp³-hybridized carbons (Fsp3) is 0.267. The SMILES string of the molecule is Cc1ccc(CNc2ncnc3[nH]ncc23)c(OCC(F)(F)F)c1. The Morgan fingerprint density at radius 1 is 1.25 bits per heavy atom. The zero-order valence-electron chi connectivity index (χ0n) is 12.7. The van der Waals surface area contributed by atoms with Crippen LogP contribution in [0.2, 0.25) is 0 Å². The summed E-state index contributed by atoms with van der Waals surface area (Å²) in [5.41, 5.74) is 1.99. The molecular formula is C15H14F3N5O. The van der Waals surface area contributed by atoms with Crippen LogP contribution >= 0.6 is 0 Å². The molecule has 0 saturated carbocycles. The summed E-state index contributed by atoms with van der Waals surface area (Å²) in [6.45, 7) is 0.713. The quantitative estimate of drug-likeness (QED) is 0.748. The van der Waals surface area contributed by atoms with E-state index in [4.69, 9.17) is 4.74 Å². The van der Waals surface area contributed by atoms with Gasteiger partial charge >= 0.3 is 6.18 Å². The van der Waals surface area contributed by atoms with Gasteiger partial charge < -0.3 is 10.1 Å². The normalized spacial score (nSPS) is 11.7. The van der Waals surface area contributed by atoms with Crippen molar-refractivity contribution >= 4 is 16.9 Å². The molecule has 0 atom stereocenters. The summed E-state index contributed by atoms with van der Waals surface area (Å²) in [7, 11) is 0. The third kappa shape index (κ3) is 3.73. The van der Waals surface area contributed by atoms with E-state index in [1.54, 1.807) is 25.3 Å². The van der Waals surface area contributed by atoms with Gasteiger partial charge in [-0.2, -0.15) is 18.3 Å². The van der Waals surface area contributed by atoms with Crippen molar-refractivity contribution in [3.05, 3.63) is 41.9 Å². The number of ether oxygens (including phenoxy) is 1. The van der Waals surface area contributed by atoms with Crippen molar-refractivity contribution in [3.63, 3.8) is 0 Å². The summed E-state index contributed by atoms with van der Waals surface area (Å²) in [6, 6.07) is 5.11. The summed E-state index contributed by atoms with van der Waals surface area (Å²) >= 11 is 0. The van der Waals surface area contributed by atoms with Crippen molar-refractivity contribution in [1.82, 2.24) is 20.2 Å². The van der Waals surface area contributed by atoms with E-state index in [-0.39, 0.29) is 12.3 Å². The highest BCUT2D eigenvalue weighted by atomic mass is 19.4. The lowest BCUT2D eigenvalue weighted by molar-refractivity contribution is -0.153. The molecule has 2 aromatic heterocycles. The maximum absolute atomic E-state index is 12.4. The van der Waals surface area contributed by atoms with Crippen molar-refractivity contribution in [2.24, 2.45) is 0 Å². The van der Waals surface area contributed by atoms with Crippen molar-refractivity contribution in [3.8, 4) is 5.75 Å². The third-order valence-corrected chi connectivity index (χ3v) is 3.31. The molecule has 0 unspecified atom stereocenters. The molecule has 24 heavy (non-hydrogen) atoms. The molecule has 0 spiro atoms. The summed E-state index contributed by atoms with van der Waals surface area (Å²) in [5, 5.41) is 10.4. The van der Waals surface area contributed by atoms with Gasteiger partial charge in [-0.1, -0.05) is 12.1 Å². The third-order valence-electron chi connectivity index (χ3n) is 3.31. The molecule has 126 valence electrons. The van der Waals surface area contributed by atoms with Crippen molar-refractivity contribution in [1.29, 1.82) is 0 Å². The predicted octanol–water partition coefficient (Wildman–Crippen LogP) is 3.21. The maximum Gasteiger partial charge on any atom is 0.422 e. The fourth-order valence-corrected chi connectivity index (χ4v) is 2.19. The largest absolute Gasteiger partial charge is 0.484 e. The van der Waals surface area contributed by atoms with E-state index < -0.39 is 12.8 Å². The zero-order valence-corrected chi connectivity index (χ0v) is 12.7. The Bertz CT molecular complexity index is 846. The van der Waals surface area contributed by atoms with Gasteiger partial charge in [0.2, 0.25) is 0 Å². The topological polar surface area (TPSA) is 75.7 Å². The van der Waals surface area contributed by atoms with Crippen molar-refractivity contribution < 1.29 is 17.9 Å². The minimum atomic E-state index is -4.38. The molecule has 0 aliphatic rings. The van der Waals surface area contributed by atoms with Gasteiger partial charge in [0.1, 0.15) is 17.9 Å². The van der Waals surface area contributed by atoms with Crippen molar-refractivity contribution in [2.45, 2.75) is 19.6 Å². The van der Waals surface area contributed by atoms with E-state index in [0.29, 0.717) is 22.4 Å². The molecule has 0 radical (unpaired) electrons. The van der Waals surface area contributed by atoms with Crippen LogP contribution in [0, 0.1) is 6.92 Å². The summed E-state index contributed by atoms with van der Waals surface area (Å²) in [4.78, 5) is 8.15. The Morgan fingerprint density at radius 2 is 2.08 bits per heavy atom. The van der Waals surface area contributed by atoms with Crippen LogP contribution in [0.25, 0.3) is 11.0 Å². The van der Waals surface area contributed by atoms with Gasteiger partial charge in [-0.25, -0.2) is 9.97 Å². The molecule has 0 bridgehead atoms. The number of halogens is 3. The highest BCUT2D eigenvalue weighted by Gasteiger charge is 2.28. The second-order valence-electron chi connectivity index (χ2n) is 5.22. The number of nitrogens with zero attached hydrogens (tertiary/aromatic N) is 3. The molecular weight excluding hydrogens is 323 g/mol. The number of benzene rings is 1. The zero-order chi connectivity index (χ0) is 17.2. The number of aromatic nitrogens is 4. The number of anilines is 1. The minimum absolute atomic E-state index is 0.192. The van der Waals surface area contributed by atoms with E-state index >= 15 is 0 Å². The van der Waals surface area contributed by atoms with Crippen LogP contribution < -0.4 is 10.1 Å². The Morgan fingerprint density at radius 3 is 2.88 bits per heavy atom. The fourth-order valence-electron chi connectivity index (χ4n) is 2.19. The van der Waals surface area contributed by atoms with E-state index in [0.717, 1.165) is 5.56 Å².